The monoisotopic (exact) mass is 311 g/mol. The summed E-state index contributed by atoms with van der Waals surface area (Å²) >= 11 is 0. The molecule has 1 aromatic heterocycles. The van der Waals surface area contributed by atoms with Crippen molar-refractivity contribution in [3.63, 3.8) is 0 Å². The zero-order chi connectivity index (χ0) is 16.2. The first-order chi connectivity index (χ1) is 11.1. The molecular weight excluding hydrogens is 294 g/mol. The van der Waals surface area contributed by atoms with Crippen molar-refractivity contribution in [2.24, 2.45) is 0 Å². The molecule has 0 radical (unpaired) electrons. The zero-order valence-electron chi connectivity index (χ0n) is 12.5. The second-order valence-electron chi connectivity index (χ2n) is 5.42. The molecule has 1 amide bonds. The lowest BCUT2D eigenvalue weighted by Gasteiger charge is -2.19. The number of carbonyl (C=O) groups is 2. The Labute approximate surface area is 133 Å². The van der Waals surface area contributed by atoms with Gasteiger partial charge in [0.05, 0.1) is 11.9 Å². The first-order valence-electron chi connectivity index (χ1n) is 7.47. The van der Waals surface area contributed by atoms with E-state index in [1.165, 1.54) is 11.0 Å². The number of hydrogen-bond donors (Lipinski definition) is 1. The van der Waals surface area contributed by atoms with E-state index in [1.807, 2.05) is 36.5 Å². The Kier molecular flexibility index (Phi) is 4.23. The second kappa shape index (κ2) is 6.48. The molecule has 6 heteroatoms. The molecule has 0 bridgehead atoms. The summed E-state index contributed by atoms with van der Waals surface area (Å²) in [6, 6.07) is 8.95. The maximum Gasteiger partial charge on any atom is 0.326 e. The molecule has 118 valence electrons. The van der Waals surface area contributed by atoms with Gasteiger partial charge in [-0.25, -0.2) is 9.48 Å². The fraction of sp³-hybridized carbons (Fsp3) is 0.235. The minimum atomic E-state index is -0.943. The third kappa shape index (κ3) is 3.31. The lowest BCUT2D eigenvalue weighted by atomic mass is 10.2. The van der Waals surface area contributed by atoms with Crippen molar-refractivity contribution in [1.82, 2.24) is 14.7 Å². The minimum absolute atomic E-state index is 0.276. The van der Waals surface area contributed by atoms with E-state index in [1.54, 1.807) is 17.0 Å². The summed E-state index contributed by atoms with van der Waals surface area (Å²) in [6.45, 7) is 0.490. The summed E-state index contributed by atoms with van der Waals surface area (Å²) < 4.78 is 1.72. The molecule has 0 aliphatic carbocycles. The van der Waals surface area contributed by atoms with Gasteiger partial charge in [-0.15, -0.1) is 0 Å². The molecule has 0 spiro atoms. The molecule has 1 N–H and O–H groups in total. The maximum absolute atomic E-state index is 12.2. The van der Waals surface area contributed by atoms with Crippen LogP contribution in [0.4, 0.5) is 0 Å². The summed E-state index contributed by atoms with van der Waals surface area (Å²) in [5, 5.41) is 13.4. The molecule has 1 fully saturated rings. The van der Waals surface area contributed by atoms with E-state index in [4.69, 9.17) is 5.11 Å². The number of carboxylic acids is 1. The highest BCUT2D eigenvalue weighted by atomic mass is 16.4. The molecule has 1 atom stereocenters. The van der Waals surface area contributed by atoms with Crippen LogP contribution in [-0.2, 0) is 9.59 Å². The third-order valence-electron chi connectivity index (χ3n) is 3.86. The molecule has 23 heavy (non-hydrogen) atoms. The molecule has 1 aliphatic rings. The topological polar surface area (TPSA) is 75.4 Å². The summed E-state index contributed by atoms with van der Waals surface area (Å²) in [5.74, 6) is -1.22. The van der Waals surface area contributed by atoms with Gasteiger partial charge in [0.2, 0.25) is 5.91 Å². The van der Waals surface area contributed by atoms with E-state index in [2.05, 4.69) is 5.10 Å². The lowest BCUT2D eigenvalue weighted by molar-refractivity contribution is -0.146. The molecule has 1 saturated heterocycles. The van der Waals surface area contributed by atoms with Crippen LogP contribution in [0.15, 0.2) is 48.8 Å². The largest absolute Gasteiger partial charge is 0.480 e. The van der Waals surface area contributed by atoms with Gasteiger partial charge in [0.15, 0.2) is 0 Å². The Bertz CT molecular complexity index is 737. The van der Waals surface area contributed by atoms with Crippen molar-refractivity contribution >= 4 is 18.0 Å². The average molecular weight is 311 g/mol. The Morgan fingerprint density at radius 3 is 2.78 bits per heavy atom. The number of aliphatic carboxylic acids is 1. The van der Waals surface area contributed by atoms with Gasteiger partial charge in [-0.3, -0.25) is 4.79 Å². The van der Waals surface area contributed by atoms with Crippen molar-refractivity contribution in [2.45, 2.75) is 18.9 Å². The molecular formula is C17H17N3O3. The molecule has 0 saturated carbocycles. The zero-order valence-corrected chi connectivity index (χ0v) is 12.5. The van der Waals surface area contributed by atoms with Gasteiger partial charge < -0.3 is 10.0 Å². The number of nitrogens with zero attached hydrogens (tertiary/aromatic N) is 3. The van der Waals surface area contributed by atoms with Crippen molar-refractivity contribution in [3.8, 4) is 5.69 Å². The molecule has 2 aromatic rings. The van der Waals surface area contributed by atoms with Crippen LogP contribution in [-0.4, -0.2) is 44.3 Å². The number of benzene rings is 1. The molecule has 0 unspecified atom stereocenters. The molecule has 1 aromatic carbocycles. The fourth-order valence-electron chi connectivity index (χ4n) is 2.70. The molecule has 3 rings (SSSR count). The van der Waals surface area contributed by atoms with Crippen LogP contribution in [0.3, 0.4) is 0 Å². The smallest absolute Gasteiger partial charge is 0.326 e. The number of rotatable bonds is 4. The fourth-order valence-corrected chi connectivity index (χ4v) is 2.70. The average Bonchev–Trinajstić information content (AvgIpc) is 3.23. The normalized spacial score (nSPS) is 17.7. The van der Waals surface area contributed by atoms with Gasteiger partial charge in [0, 0.05) is 24.4 Å². The van der Waals surface area contributed by atoms with Crippen molar-refractivity contribution < 1.29 is 14.7 Å². The first-order valence-corrected chi connectivity index (χ1v) is 7.47. The number of likely N-dealkylation sites (tertiary alicyclic amines) is 1. The van der Waals surface area contributed by atoms with Gasteiger partial charge in [-0.2, -0.15) is 5.10 Å². The summed E-state index contributed by atoms with van der Waals surface area (Å²) in [7, 11) is 0. The van der Waals surface area contributed by atoms with Gasteiger partial charge >= 0.3 is 5.97 Å². The predicted molar refractivity (Wildman–Crippen MR) is 85.0 cm³/mol. The van der Waals surface area contributed by atoms with E-state index in [0.29, 0.717) is 13.0 Å². The standard InChI is InChI=1S/C17H17N3O3/c21-16(19-10-4-7-15(19)17(22)23)9-8-13-11-18-20(12-13)14-5-2-1-3-6-14/h1-3,5-6,8-9,11-12,15H,4,7,10H2,(H,22,23)/b9-8+/t15-/m1/s1. The van der Waals surface area contributed by atoms with E-state index < -0.39 is 12.0 Å². The number of amides is 1. The molecule has 6 nitrogen and oxygen atoms in total. The Morgan fingerprint density at radius 1 is 1.26 bits per heavy atom. The van der Waals surface area contributed by atoms with Gasteiger partial charge in [-0.1, -0.05) is 18.2 Å². The van der Waals surface area contributed by atoms with Crippen LogP contribution < -0.4 is 0 Å². The van der Waals surface area contributed by atoms with Crippen LogP contribution in [0, 0.1) is 0 Å². The van der Waals surface area contributed by atoms with E-state index >= 15 is 0 Å². The molecule has 2 heterocycles. The Hall–Kier alpha value is -2.89. The van der Waals surface area contributed by atoms with Crippen LogP contribution in [0.2, 0.25) is 0 Å². The van der Waals surface area contributed by atoms with Crippen LogP contribution >= 0.6 is 0 Å². The predicted octanol–water partition coefficient (Wildman–Crippen LogP) is 1.96. The summed E-state index contributed by atoms with van der Waals surface area (Å²) in [6.07, 6.45) is 7.79. The van der Waals surface area contributed by atoms with Gasteiger partial charge in [-0.05, 0) is 31.1 Å². The van der Waals surface area contributed by atoms with Gasteiger partial charge in [0.25, 0.3) is 0 Å². The SMILES string of the molecule is O=C(O)[C@H]1CCCN1C(=O)/C=C/c1cnn(-c2ccccc2)c1. The summed E-state index contributed by atoms with van der Waals surface area (Å²) in [4.78, 5) is 24.7. The number of para-hydroxylation sites is 1. The summed E-state index contributed by atoms with van der Waals surface area (Å²) in [5.41, 5.74) is 1.72. The first kappa shape index (κ1) is 15.0. The second-order valence-corrected chi connectivity index (χ2v) is 5.42. The van der Waals surface area contributed by atoms with E-state index in [-0.39, 0.29) is 5.91 Å². The highest BCUT2D eigenvalue weighted by Gasteiger charge is 2.32. The van der Waals surface area contributed by atoms with Crippen LogP contribution in [0.25, 0.3) is 11.8 Å². The number of aromatic nitrogens is 2. The lowest BCUT2D eigenvalue weighted by Crippen LogP contribution is -2.39. The van der Waals surface area contributed by atoms with Gasteiger partial charge in [0.1, 0.15) is 6.04 Å². The number of hydrogen-bond acceptors (Lipinski definition) is 3. The quantitative estimate of drug-likeness (QED) is 0.876. The van der Waals surface area contributed by atoms with Crippen molar-refractivity contribution in [1.29, 1.82) is 0 Å². The highest BCUT2D eigenvalue weighted by molar-refractivity contribution is 5.94. The Balaban J connectivity index is 1.70. The molecule has 1 aliphatic heterocycles. The van der Waals surface area contributed by atoms with Crippen molar-refractivity contribution in [3.05, 3.63) is 54.4 Å². The van der Waals surface area contributed by atoms with Crippen LogP contribution in [0.1, 0.15) is 18.4 Å². The van der Waals surface area contributed by atoms with E-state index in [0.717, 1.165) is 17.7 Å². The maximum atomic E-state index is 12.2. The van der Waals surface area contributed by atoms with E-state index in [9.17, 15) is 9.59 Å². The Morgan fingerprint density at radius 2 is 2.04 bits per heavy atom. The minimum Gasteiger partial charge on any atom is -0.480 e. The number of carbonyl (C=O) groups excluding carboxylic acids is 1. The number of carboxylic acid groups (broad SMARTS) is 1. The third-order valence-corrected chi connectivity index (χ3v) is 3.86. The van der Waals surface area contributed by atoms with Crippen LogP contribution in [0.5, 0.6) is 0 Å². The van der Waals surface area contributed by atoms with Crippen molar-refractivity contribution in [2.75, 3.05) is 6.54 Å². The highest BCUT2D eigenvalue weighted by Crippen LogP contribution is 2.18.